The van der Waals surface area contributed by atoms with Crippen LogP contribution in [-0.2, 0) is 15.2 Å². The summed E-state index contributed by atoms with van der Waals surface area (Å²) in [6.07, 6.45) is 1.61. The summed E-state index contributed by atoms with van der Waals surface area (Å²) in [6.45, 7) is 0.380. The summed E-state index contributed by atoms with van der Waals surface area (Å²) in [5, 5.41) is 12.2. The first kappa shape index (κ1) is 11.2. The Balaban J connectivity index is 1.80. The quantitative estimate of drug-likeness (QED) is 0.728. The van der Waals surface area contributed by atoms with Gasteiger partial charge in [-0.05, 0) is 30.5 Å². The van der Waals surface area contributed by atoms with Crippen molar-refractivity contribution in [3.05, 3.63) is 29.8 Å². The number of nitrogens with zero attached hydrogens (tertiary/aromatic N) is 1. The third-order valence-electron chi connectivity index (χ3n) is 3.44. The number of carbonyl (C=O) groups is 2. The highest BCUT2D eigenvalue weighted by atomic mass is 16.3. The Morgan fingerprint density at radius 2 is 1.61 bits per heavy atom. The SMILES string of the molecule is O=C1CN(c2ccc(C3(O)CC3)cc2)CC(=O)N1. The minimum absolute atomic E-state index is 0.190. The molecule has 0 bridgehead atoms. The highest BCUT2D eigenvalue weighted by Crippen LogP contribution is 2.45. The summed E-state index contributed by atoms with van der Waals surface area (Å²) < 4.78 is 0. The molecule has 2 fully saturated rings. The van der Waals surface area contributed by atoms with Crippen molar-refractivity contribution in [2.75, 3.05) is 18.0 Å². The Morgan fingerprint density at radius 3 is 2.11 bits per heavy atom. The van der Waals surface area contributed by atoms with E-state index in [0.29, 0.717) is 0 Å². The van der Waals surface area contributed by atoms with E-state index in [9.17, 15) is 14.7 Å². The highest BCUT2D eigenvalue weighted by Gasteiger charge is 2.41. The summed E-state index contributed by atoms with van der Waals surface area (Å²) in [4.78, 5) is 24.3. The molecule has 1 heterocycles. The summed E-state index contributed by atoms with van der Waals surface area (Å²) in [6, 6.07) is 7.41. The van der Waals surface area contributed by atoms with Crippen molar-refractivity contribution in [1.82, 2.24) is 5.32 Å². The summed E-state index contributed by atoms with van der Waals surface area (Å²) in [5.41, 5.74) is 1.08. The van der Waals surface area contributed by atoms with Crippen LogP contribution in [0.25, 0.3) is 0 Å². The fraction of sp³-hybridized carbons (Fsp3) is 0.385. The Kier molecular flexibility index (Phi) is 2.38. The predicted octanol–water partition coefficient (Wildman–Crippen LogP) is 0.131. The molecule has 2 amide bonds. The maximum atomic E-state index is 11.3. The first-order chi connectivity index (χ1) is 8.57. The van der Waals surface area contributed by atoms with Crippen LogP contribution in [0, 0.1) is 0 Å². The van der Waals surface area contributed by atoms with Crippen LogP contribution in [0.1, 0.15) is 18.4 Å². The third kappa shape index (κ3) is 1.97. The number of nitrogens with one attached hydrogen (secondary N) is 1. The van der Waals surface area contributed by atoms with Gasteiger partial charge < -0.3 is 10.0 Å². The topological polar surface area (TPSA) is 69.6 Å². The lowest BCUT2D eigenvalue weighted by Gasteiger charge is -2.27. The number of amides is 2. The lowest BCUT2D eigenvalue weighted by molar-refractivity contribution is -0.130. The second-order valence-electron chi connectivity index (χ2n) is 4.91. The zero-order chi connectivity index (χ0) is 12.8. The lowest BCUT2D eigenvalue weighted by atomic mass is 10.1. The molecule has 94 valence electrons. The second kappa shape index (κ2) is 3.81. The van der Waals surface area contributed by atoms with E-state index in [1.807, 2.05) is 24.3 Å². The van der Waals surface area contributed by atoms with Crippen LogP contribution >= 0.6 is 0 Å². The molecule has 0 unspecified atom stereocenters. The molecule has 3 rings (SSSR count). The number of aliphatic hydroxyl groups is 1. The molecule has 0 spiro atoms. The zero-order valence-corrected chi connectivity index (χ0v) is 9.85. The summed E-state index contributed by atoms with van der Waals surface area (Å²) in [5.74, 6) is -0.563. The van der Waals surface area contributed by atoms with Gasteiger partial charge in [0.15, 0.2) is 0 Å². The van der Waals surface area contributed by atoms with E-state index in [2.05, 4.69) is 5.32 Å². The number of carbonyl (C=O) groups excluding carboxylic acids is 2. The normalized spacial score (nSPS) is 21.7. The van der Waals surface area contributed by atoms with Crippen LogP contribution in [0.2, 0.25) is 0 Å². The van der Waals surface area contributed by atoms with Crippen molar-refractivity contribution < 1.29 is 14.7 Å². The molecule has 1 aliphatic heterocycles. The zero-order valence-electron chi connectivity index (χ0n) is 9.85. The monoisotopic (exact) mass is 246 g/mol. The molecule has 18 heavy (non-hydrogen) atoms. The van der Waals surface area contributed by atoms with Gasteiger partial charge in [-0.1, -0.05) is 12.1 Å². The first-order valence-corrected chi connectivity index (χ1v) is 5.97. The highest BCUT2D eigenvalue weighted by molar-refractivity contribution is 6.02. The van der Waals surface area contributed by atoms with Gasteiger partial charge in [0, 0.05) is 5.69 Å². The van der Waals surface area contributed by atoms with E-state index in [4.69, 9.17) is 0 Å². The Morgan fingerprint density at radius 1 is 1.06 bits per heavy atom. The maximum Gasteiger partial charge on any atom is 0.246 e. The number of hydrogen-bond acceptors (Lipinski definition) is 4. The molecule has 1 saturated carbocycles. The van der Waals surface area contributed by atoms with Gasteiger partial charge in [-0.25, -0.2) is 0 Å². The molecule has 1 aromatic rings. The molecular weight excluding hydrogens is 232 g/mol. The minimum atomic E-state index is -0.645. The van der Waals surface area contributed by atoms with Gasteiger partial charge in [0.05, 0.1) is 18.7 Å². The molecule has 1 aromatic carbocycles. The molecule has 0 atom stereocenters. The number of anilines is 1. The van der Waals surface area contributed by atoms with Crippen LogP contribution < -0.4 is 10.2 Å². The predicted molar refractivity (Wildman–Crippen MR) is 64.9 cm³/mol. The van der Waals surface area contributed by atoms with E-state index in [-0.39, 0.29) is 24.9 Å². The molecule has 2 aliphatic rings. The molecule has 1 saturated heterocycles. The van der Waals surface area contributed by atoms with Gasteiger partial charge in [0.1, 0.15) is 0 Å². The summed E-state index contributed by atoms with van der Waals surface area (Å²) >= 11 is 0. The van der Waals surface area contributed by atoms with Crippen molar-refractivity contribution >= 4 is 17.5 Å². The van der Waals surface area contributed by atoms with Crippen molar-refractivity contribution in [3.8, 4) is 0 Å². The number of piperazine rings is 1. The van der Waals surface area contributed by atoms with Gasteiger partial charge in [-0.3, -0.25) is 14.9 Å². The van der Waals surface area contributed by atoms with Crippen LogP contribution in [0.3, 0.4) is 0 Å². The number of benzene rings is 1. The minimum Gasteiger partial charge on any atom is -0.385 e. The maximum absolute atomic E-state index is 11.3. The number of imide groups is 1. The Bertz CT molecular complexity index is 489. The largest absolute Gasteiger partial charge is 0.385 e. The van der Waals surface area contributed by atoms with E-state index in [1.54, 1.807) is 4.90 Å². The van der Waals surface area contributed by atoms with Gasteiger partial charge in [0.25, 0.3) is 0 Å². The van der Waals surface area contributed by atoms with Gasteiger partial charge in [0.2, 0.25) is 11.8 Å². The Labute approximate surface area is 104 Å². The van der Waals surface area contributed by atoms with Gasteiger partial charge >= 0.3 is 0 Å². The molecule has 0 aromatic heterocycles. The average molecular weight is 246 g/mol. The fourth-order valence-corrected chi connectivity index (χ4v) is 2.21. The van der Waals surface area contributed by atoms with Gasteiger partial charge in [-0.2, -0.15) is 0 Å². The smallest absolute Gasteiger partial charge is 0.246 e. The van der Waals surface area contributed by atoms with Crippen LogP contribution in [-0.4, -0.2) is 30.0 Å². The standard InChI is InChI=1S/C13H14N2O3/c16-11-7-15(8-12(17)14-11)10-3-1-9(2-4-10)13(18)5-6-13/h1-4,18H,5-8H2,(H,14,16,17). The van der Waals surface area contributed by atoms with Crippen molar-refractivity contribution in [2.45, 2.75) is 18.4 Å². The number of rotatable bonds is 2. The molecule has 0 radical (unpaired) electrons. The van der Waals surface area contributed by atoms with Crippen LogP contribution in [0.15, 0.2) is 24.3 Å². The molecule has 1 aliphatic carbocycles. The fourth-order valence-electron chi connectivity index (χ4n) is 2.21. The van der Waals surface area contributed by atoms with Crippen molar-refractivity contribution in [2.24, 2.45) is 0 Å². The molecular formula is C13H14N2O3. The Hall–Kier alpha value is -1.88. The first-order valence-electron chi connectivity index (χ1n) is 5.97. The van der Waals surface area contributed by atoms with Crippen molar-refractivity contribution in [3.63, 3.8) is 0 Å². The van der Waals surface area contributed by atoms with Gasteiger partial charge in [-0.15, -0.1) is 0 Å². The van der Waals surface area contributed by atoms with E-state index in [1.165, 1.54) is 0 Å². The average Bonchev–Trinajstić information content (AvgIpc) is 3.08. The van der Waals surface area contributed by atoms with E-state index >= 15 is 0 Å². The molecule has 5 nitrogen and oxygen atoms in total. The lowest BCUT2D eigenvalue weighted by Crippen LogP contribution is -2.51. The van der Waals surface area contributed by atoms with Crippen LogP contribution in [0.5, 0.6) is 0 Å². The van der Waals surface area contributed by atoms with Crippen molar-refractivity contribution in [1.29, 1.82) is 0 Å². The van der Waals surface area contributed by atoms with Crippen LogP contribution in [0.4, 0.5) is 5.69 Å². The second-order valence-corrected chi connectivity index (χ2v) is 4.91. The molecule has 5 heteroatoms. The number of hydrogen-bond donors (Lipinski definition) is 2. The third-order valence-corrected chi connectivity index (χ3v) is 3.44. The van der Waals surface area contributed by atoms with E-state index in [0.717, 1.165) is 24.1 Å². The summed E-state index contributed by atoms with van der Waals surface area (Å²) in [7, 11) is 0. The molecule has 2 N–H and O–H groups in total. The van der Waals surface area contributed by atoms with E-state index < -0.39 is 5.60 Å².